The minimum Gasteiger partial charge on any atom is -0.504 e. The Kier molecular flexibility index (Phi) is 6.37. The first-order valence-corrected chi connectivity index (χ1v) is 7.88. The number of ether oxygens (including phenoxy) is 2. The summed E-state index contributed by atoms with van der Waals surface area (Å²) in [5, 5.41) is 18.9. The van der Waals surface area contributed by atoms with Crippen molar-refractivity contribution in [1.82, 2.24) is 5.43 Å². The first kappa shape index (κ1) is 19.5. The van der Waals surface area contributed by atoms with Crippen molar-refractivity contribution in [2.24, 2.45) is 5.84 Å². The van der Waals surface area contributed by atoms with Crippen LogP contribution in [0.4, 0.5) is 4.39 Å². The average Bonchev–Trinajstić information content (AvgIpc) is 2.61. The molecule has 2 rings (SSSR count). The summed E-state index contributed by atoms with van der Waals surface area (Å²) >= 11 is 0. The zero-order valence-corrected chi connectivity index (χ0v) is 14.2. The van der Waals surface area contributed by atoms with E-state index in [4.69, 9.17) is 15.3 Å². The van der Waals surface area contributed by atoms with Crippen LogP contribution in [0.2, 0.25) is 0 Å². The summed E-state index contributed by atoms with van der Waals surface area (Å²) in [6.07, 6.45) is 0.126. The van der Waals surface area contributed by atoms with Gasteiger partial charge in [0.1, 0.15) is 30.3 Å². The summed E-state index contributed by atoms with van der Waals surface area (Å²) in [5.41, 5.74) is 1.75. The quantitative estimate of drug-likeness (QED) is 0.185. The maximum Gasteiger partial charge on any atom is 0.327 e. The fourth-order valence-corrected chi connectivity index (χ4v) is 2.28. The summed E-state index contributed by atoms with van der Waals surface area (Å²) in [4.78, 5) is 12.3. The molecule has 0 bridgehead atoms. The molecular formula is C18H21FN2O5. The molecule has 0 aliphatic carbocycles. The van der Waals surface area contributed by atoms with Gasteiger partial charge in [-0.1, -0.05) is 12.1 Å². The minimum absolute atomic E-state index is 0.0482. The van der Waals surface area contributed by atoms with Gasteiger partial charge in [0, 0.05) is 12.5 Å². The average molecular weight is 364 g/mol. The zero-order chi connectivity index (χ0) is 19.2. The molecule has 7 nitrogen and oxygen atoms in total. The third-order valence-electron chi connectivity index (χ3n) is 3.75. The van der Waals surface area contributed by atoms with Gasteiger partial charge in [-0.15, -0.1) is 0 Å². The van der Waals surface area contributed by atoms with Crippen LogP contribution in [0.25, 0.3) is 0 Å². The Labute approximate surface area is 150 Å². The van der Waals surface area contributed by atoms with Crippen LogP contribution in [-0.2, 0) is 16.0 Å². The van der Waals surface area contributed by atoms with Gasteiger partial charge in [0.15, 0.2) is 11.5 Å². The molecule has 140 valence electrons. The lowest BCUT2D eigenvalue weighted by molar-refractivity contribution is -0.151. The van der Waals surface area contributed by atoms with Gasteiger partial charge in [-0.05, 0) is 36.8 Å². The molecule has 0 spiro atoms. The van der Waals surface area contributed by atoms with Gasteiger partial charge in [0.25, 0.3) is 0 Å². The zero-order valence-electron chi connectivity index (χ0n) is 14.2. The second-order valence-corrected chi connectivity index (χ2v) is 5.92. The van der Waals surface area contributed by atoms with E-state index in [9.17, 15) is 19.4 Å². The van der Waals surface area contributed by atoms with Gasteiger partial charge in [-0.2, -0.15) is 0 Å². The Hall–Kier alpha value is -2.84. The molecule has 8 heteroatoms. The Bertz CT molecular complexity index is 771. The van der Waals surface area contributed by atoms with E-state index in [-0.39, 0.29) is 31.1 Å². The molecule has 0 heterocycles. The van der Waals surface area contributed by atoms with Crippen LogP contribution in [0.3, 0.4) is 0 Å². The van der Waals surface area contributed by atoms with Gasteiger partial charge < -0.3 is 19.7 Å². The first-order chi connectivity index (χ1) is 12.3. The first-order valence-electron chi connectivity index (χ1n) is 7.88. The van der Waals surface area contributed by atoms with E-state index in [2.05, 4.69) is 5.43 Å². The van der Waals surface area contributed by atoms with E-state index in [1.54, 1.807) is 19.1 Å². The Morgan fingerprint density at radius 1 is 1.19 bits per heavy atom. The predicted molar refractivity (Wildman–Crippen MR) is 92.1 cm³/mol. The normalized spacial score (nSPS) is 13.0. The van der Waals surface area contributed by atoms with E-state index >= 15 is 0 Å². The molecule has 0 aliphatic rings. The van der Waals surface area contributed by atoms with E-state index in [1.807, 2.05) is 0 Å². The molecule has 0 amide bonds. The van der Waals surface area contributed by atoms with Crippen LogP contribution in [0, 0.1) is 5.82 Å². The highest BCUT2D eigenvalue weighted by Crippen LogP contribution is 2.27. The number of halogens is 1. The molecule has 0 unspecified atom stereocenters. The van der Waals surface area contributed by atoms with Crippen molar-refractivity contribution in [2.75, 3.05) is 13.2 Å². The summed E-state index contributed by atoms with van der Waals surface area (Å²) in [6.45, 7) is 1.55. The lowest BCUT2D eigenvalue weighted by Crippen LogP contribution is -2.55. The van der Waals surface area contributed by atoms with Crippen LogP contribution in [-0.4, -0.2) is 34.9 Å². The van der Waals surface area contributed by atoms with Gasteiger partial charge in [0.05, 0.1) is 0 Å². The topological polar surface area (TPSA) is 114 Å². The molecule has 26 heavy (non-hydrogen) atoms. The number of hydrogen-bond donors (Lipinski definition) is 4. The number of benzene rings is 2. The highest BCUT2D eigenvalue weighted by atomic mass is 19.1. The summed E-state index contributed by atoms with van der Waals surface area (Å²) in [7, 11) is 0. The minimum atomic E-state index is -1.25. The molecule has 0 aromatic heterocycles. The molecule has 2 aromatic rings. The standard InChI is InChI=1S/C18H21FN2O5/c1-18(21-20,11-12-5-6-15(22)16(23)9-12)17(24)26-8-7-25-14-4-2-3-13(19)10-14/h2-6,9-10,21-23H,7-8,11,20H2,1H3/t18-/m0/s1. The predicted octanol–water partition coefficient (Wildman–Crippen LogP) is 1.62. The summed E-state index contributed by atoms with van der Waals surface area (Å²) in [6, 6.07) is 9.85. The third kappa shape index (κ3) is 5.08. The number of hydrogen-bond acceptors (Lipinski definition) is 7. The number of hydrazine groups is 1. The number of carbonyl (C=O) groups is 1. The molecule has 0 saturated carbocycles. The van der Waals surface area contributed by atoms with Crippen molar-refractivity contribution in [1.29, 1.82) is 0 Å². The summed E-state index contributed by atoms with van der Waals surface area (Å²) < 4.78 is 23.5. The largest absolute Gasteiger partial charge is 0.504 e. The van der Waals surface area contributed by atoms with Crippen LogP contribution in [0.5, 0.6) is 17.2 Å². The van der Waals surface area contributed by atoms with Gasteiger partial charge in [0.2, 0.25) is 0 Å². The molecule has 0 saturated heterocycles. The Morgan fingerprint density at radius 3 is 2.62 bits per heavy atom. The fraction of sp³-hybridized carbons (Fsp3) is 0.278. The van der Waals surface area contributed by atoms with Crippen LogP contribution in [0.1, 0.15) is 12.5 Å². The molecule has 0 aliphatic heterocycles. The number of aromatic hydroxyl groups is 2. The number of phenols is 2. The summed E-state index contributed by atoms with van der Waals surface area (Å²) in [5.74, 6) is 4.25. The van der Waals surface area contributed by atoms with E-state index in [0.717, 1.165) is 0 Å². The number of nitrogens with one attached hydrogen (secondary N) is 1. The third-order valence-corrected chi connectivity index (χ3v) is 3.75. The van der Waals surface area contributed by atoms with Crippen LogP contribution in [0.15, 0.2) is 42.5 Å². The van der Waals surface area contributed by atoms with Crippen LogP contribution >= 0.6 is 0 Å². The van der Waals surface area contributed by atoms with Crippen LogP contribution < -0.4 is 16.0 Å². The molecular weight excluding hydrogens is 343 g/mol. The molecule has 0 fully saturated rings. The number of nitrogens with two attached hydrogens (primary N) is 1. The number of carbonyl (C=O) groups excluding carboxylic acids is 1. The highest BCUT2D eigenvalue weighted by molar-refractivity contribution is 5.80. The molecule has 2 aromatic carbocycles. The second kappa shape index (κ2) is 8.50. The lowest BCUT2D eigenvalue weighted by atomic mass is 9.93. The highest BCUT2D eigenvalue weighted by Gasteiger charge is 2.34. The van der Waals surface area contributed by atoms with E-state index in [1.165, 1.54) is 30.3 Å². The maximum atomic E-state index is 13.0. The monoisotopic (exact) mass is 364 g/mol. The SMILES string of the molecule is C[C@@](Cc1ccc(O)c(O)c1)(NN)C(=O)OCCOc1cccc(F)c1. The molecule has 0 radical (unpaired) electrons. The number of esters is 1. The second-order valence-electron chi connectivity index (χ2n) is 5.92. The lowest BCUT2D eigenvalue weighted by Gasteiger charge is -2.26. The van der Waals surface area contributed by atoms with E-state index < -0.39 is 17.3 Å². The maximum absolute atomic E-state index is 13.0. The smallest absolute Gasteiger partial charge is 0.327 e. The van der Waals surface area contributed by atoms with Crippen molar-refractivity contribution in [2.45, 2.75) is 18.9 Å². The fourth-order valence-electron chi connectivity index (χ4n) is 2.28. The van der Waals surface area contributed by atoms with Gasteiger partial charge in [-0.3, -0.25) is 5.84 Å². The van der Waals surface area contributed by atoms with Crippen molar-refractivity contribution >= 4 is 5.97 Å². The molecule has 5 N–H and O–H groups in total. The van der Waals surface area contributed by atoms with E-state index in [0.29, 0.717) is 11.3 Å². The molecule has 1 atom stereocenters. The van der Waals surface area contributed by atoms with Crippen molar-refractivity contribution in [3.63, 3.8) is 0 Å². The number of phenolic OH excluding ortho intramolecular Hbond substituents is 2. The van der Waals surface area contributed by atoms with Crippen molar-refractivity contribution < 1.29 is 28.9 Å². The Balaban J connectivity index is 1.89. The van der Waals surface area contributed by atoms with Gasteiger partial charge in [-0.25, -0.2) is 14.6 Å². The number of rotatable bonds is 8. The Morgan fingerprint density at radius 2 is 1.96 bits per heavy atom. The van der Waals surface area contributed by atoms with Crippen molar-refractivity contribution in [3.8, 4) is 17.2 Å². The van der Waals surface area contributed by atoms with Gasteiger partial charge >= 0.3 is 5.97 Å². The van der Waals surface area contributed by atoms with Crippen molar-refractivity contribution in [3.05, 3.63) is 53.8 Å².